The Morgan fingerprint density at radius 3 is 2.19 bits per heavy atom. The molecule has 4 amide bonds. The third-order valence-corrected chi connectivity index (χ3v) is 7.68. The van der Waals surface area contributed by atoms with Crippen molar-refractivity contribution in [3.63, 3.8) is 0 Å². The van der Waals surface area contributed by atoms with E-state index >= 15 is 0 Å². The van der Waals surface area contributed by atoms with Crippen molar-refractivity contribution < 1.29 is 43.2 Å². The normalized spacial score (nSPS) is 21.9. The molecule has 2 aliphatic rings. The van der Waals surface area contributed by atoms with Crippen LogP contribution in [0.5, 0.6) is 17.2 Å². The van der Waals surface area contributed by atoms with E-state index in [-0.39, 0.29) is 19.5 Å². The second kappa shape index (κ2) is 13.1. The zero-order valence-corrected chi connectivity index (χ0v) is 25.5. The molecule has 42 heavy (non-hydrogen) atoms. The second-order valence-corrected chi connectivity index (χ2v) is 11.8. The van der Waals surface area contributed by atoms with Gasteiger partial charge in [-0.2, -0.15) is 0 Å². The van der Waals surface area contributed by atoms with Gasteiger partial charge in [-0.05, 0) is 71.1 Å². The summed E-state index contributed by atoms with van der Waals surface area (Å²) in [7, 11) is 4.46. The number of amides is 4. The summed E-state index contributed by atoms with van der Waals surface area (Å²) in [4.78, 5) is 56.1. The Labute approximate surface area is 246 Å². The van der Waals surface area contributed by atoms with Gasteiger partial charge in [0.2, 0.25) is 23.5 Å². The molecule has 0 aliphatic carbocycles. The monoisotopic (exact) mass is 592 g/mol. The molecule has 4 atom stereocenters. The Kier molecular flexibility index (Phi) is 10.2. The van der Waals surface area contributed by atoms with Crippen molar-refractivity contribution in [2.75, 3.05) is 34.4 Å². The molecule has 1 aromatic carbocycles. The Morgan fingerprint density at radius 2 is 1.69 bits per heavy atom. The lowest BCUT2D eigenvalue weighted by Gasteiger charge is -2.39. The van der Waals surface area contributed by atoms with Crippen LogP contribution in [0.15, 0.2) is 12.1 Å². The minimum atomic E-state index is -1.35. The number of carbonyl (C=O) groups excluding carboxylic acids is 4. The fourth-order valence-electron chi connectivity index (χ4n) is 5.77. The number of nitrogens with one attached hydrogen (secondary N) is 1. The number of nitrogens with zero attached hydrogens (tertiary/aromatic N) is 2. The topological polar surface area (TPSA) is 170 Å². The van der Waals surface area contributed by atoms with Crippen LogP contribution in [0.4, 0.5) is 4.79 Å². The van der Waals surface area contributed by atoms with Gasteiger partial charge in [0.05, 0.1) is 27.4 Å². The number of ether oxygens (including phenoxy) is 4. The Bertz CT molecular complexity index is 1160. The van der Waals surface area contributed by atoms with Crippen LogP contribution in [0.2, 0.25) is 0 Å². The molecular weight excluding hydrogens is 548 g/mol. The van der Waals surface area contributed by atoms with Gasteiger partial charge >= 0.3 is 6.09 Å². The van der Waals surface area contributed by atoms with Crippen LogP contribution in [0.3, 0.4) is 0 Å². The Morgan fingerprint density at radius 1 is 1.07 bits per heavy atom. The number of aliphatic hydroxyl groups excluding tert-OH is 1. The smallest absolute Gasteiger partial charge is 0.408 e. The zero-order valence-electron chi connectivity index (χ0n) is 25.5. The summed E-state index contributed by atoms with van der Waals surface area (Å²) in [6, 6.07) is 1.21. The fraction of sp³-hybridized carbons (Fsp3) is 0.655. The molecule has 2 heterocycles. The fourth-order valence-corrected chi connectivity index (χ4v) is 5.77. The first-order valence-corrected chi connectivity index (χ1v) is 14.1. The molecule has 0 radical (unpaired) electrons. The second-order valence-electron chi connectivity index (χ2n) is 11.8. The van der Waals surface area contributed by atoms with Crippen molar-refractivity contribution in [1.29, 1.82) is 0 Å². The van der Waals surface area contributed by atoms with Crippen LogP contribution in [0.1, 0.15) is 58.9 Å². The van der Waals surface area contributed by atoms with Crippen LogP contribution < -0.4 is 25.3 Å². The van der Waals surface area contributed by atoms with Gasteiger partial charge in [0, 0.05) is 19.5 Å². The van der Waals surface area contributed by atoms with Crippen LogP contribution in [0.25, 0.3) is 0 Å². The number of primary amides is 1. The van der Waals surface area contributed by atoms with Crippen molar-refractivity contribution in [3.05, 3.63) is 17.7 Å². The van der Waals surface area contributed by atoms with Crippen molar-refractivity contribution in [1.82, 2.24) is 15.1 Å². The molecule has 4 N–H and O–H groups in total. The summed E-state index contributed by atoms with van der Waals surface area (Å²) in [5, 5.41) is 12.8. The van der Waals surface area contributed by atoms with Gasteiger partial charge in [-0.15, -0.1) is 0 Å². The standard InChI is InChI=1S/C29H44N4O9/c1-17(34)22(31-27(38)42-28(2,3)4)25(36)32-12-8-10-19(32)24(35)33-13-9-11-29(33,26(30)37)16-18-14-20(39-5)23(41-7)21(15-18)40-6/h14-15,17,19,22,34H,8-13,16H2,1-7H3,(H2,30,37)(H,31,38)/t17-,19+,22+,29+/m1/s1. The zero-order chi connectivity index (χ0) is 31.4. The molecule has 1 aromatic rings. The maximum Gasteiger partial charge on any atom is 0.408 e. The maximum absolute atomic E-state index is 14.1. The molecule has 234 valence electrons. The average molecular weight is 593 g/mol. The van der Waals surface area contributed by atoms with Crippen LogP contribution in [0, 0.1) is 0 Å². The highest BCUT2D eigenvalue weighted by Crippen LogP contribution is 2.41. The minimum Gasteiger partial charge on any atom is -0.493 e. The number of hydrogen-bond donors (Lipinski definition) is 3. The first-order chi connectivity index (χ1) is 19.7. The van der Waals surface area contributed by atoms with Crippen molar-refractivity contribution in [2.24, 2.45) is 5.73 Å². The van der Waals surface area contributed by atoms with E-state index in [1.165, 1.54) is 38.1 Å². The third-order valence-electron chi connectivity index (χ3n) is 7.68. The molecule has 13 nitrogen and oxygen atoms in total. The summed E-state index contributed by atoms with van der Waals surface area (Å²) < 4.78 is 21.6. The summed E-state index contributed by atoms with van der Waals surface area (Å²) in [5.41, 5.74) is 4.49. The first-order valence-electron chi connectivity index (χ1n) is 14.1. The highest BCUT2D eigenvalue weighted by molar-refractivity contribution is 5.96. The van der Waals surface area contributed by atoms with E-state index in [1.54, 1.807) is 32.9 Å². The molecule has 0 saturated carbocycles. The number of likely N-dealkylation sites (tertiary alicyclic amines) is 2. The molecule has 0 spiro atoms. The number of rotatable bonds is 10. The molecule has 2 saturated heterocycles. The molecule has 2 fully saturated rings. The molecular formula is C29H44N4O9. The van der Waals surface area contributed by atoms with E-state index < -0.39 is 53.1 Å². The van der Waals surface area contributed by atoms with Gasteiger partial charge in [-0.1, -0.05) is 0 Å². The third kappa shape index (κ3) is 6.83. The molecule has 0 bridgehead atoms. The van der Waals surface area contributed by atoms with E-state index in [4.69, 9.17) is 24.7 Å². The van der Waals surface area contributed by atoms with Crippen molar-refractivity contribution in [3.8, 4) is 17.2 Å². The molecule has 13 heteroatoms. The number of carbonyl (C=O) groups is 4. The average Bonchev–Trinajstić information content (AvgIpc) is 3.57. The lowest BCUT2D eigenvalue weighted by molar-refractivity contribution is -0.151. The Balaban J connectivity index is 1.90. The van der Waals surface area contributed by atoms with Crippen LogP contribution in [-0.4, -0.2) is 102 Å². The predicted molar refractivity (Wildman–Crippen MR) is 152 cm³/mol. The molecule has 3 rings (SSSR count). The number of alkyl carbamates (subject to hydrolysis) is 1. The van der Waals surface area contributed by atoms with E-state index in [9.17, 15) is 24.3 Å². The molecule has 0 aromatic heterocycles. The highest BCUT2D eigenvalue weighted by atomic mass is 16.6. The van der Waals surface area contributed by atoms with Gasteiger partial charge in [0.25, 0.3) is 0 Å². The number of nitrogens with two attached hydrogens (primary N) is 1. The summed E-state index contributed by atoms with van der Waals surface area (Å²) in [6.07, 6.45) is -0.246. The Hall–Kier alpha value is -3.74. The van der Waals surface area contributed by atoms with Gasteiger partial charge < -0.3 is 44.9 Å². The van der Waals surface area contributed by atoms with E-state index in [0.29, 0.717) is 48.5 Å². The van der Waals surface area contributed by atoms with E-state index in [0.717, 1.165) is 0 Å². The van der Waals surface area contributed by atoms with E-state index in [1.807, 2.05) is 0 Å². The molecule has 2 aliphatic heterocycles. The quantitative estimate of drug-likeness (QED) is 0.363. The summed E-state index contributed by atoms with van der Waals surface area (Å²) in [6.45, 7) is 6.95. The maximum atomic E-state index is 14.1. The van der Waals surface area contributed by atoms with E-state index in [2.05, 4.69) is 5.32 Å². The summed E-state index contributed by atoms with van der Waals surface area (Å²) >= 11 is 0. The predicted octanol–water partition coefficient (Wildman–Crippen LogP) is 1.37. The first kappa shape index (κ1) is 32.8. The number of methoxy groups -OCH3 is 3. The van der Waals surface area contributed by atoms with Crippen molar-refractivity contribution in [2.45, 2.75) is 89.1 Å². The lowest BCUT2D eigenvalue weighted by atomic mass is 9.86. The summed E-state index contributed by atoms with van der Waals surface area (Å²) in [5.74, 6) is -0.491. The highest BCUT2D eigenvalue weighted by Gasteiger charge is 2.52. The molecule has 0 unspecified atom stereocenters. The van der Waals surface area contributed by atoms with Crippen molar-refractivity contribution >= 4 is 23.8 Å². The van der Waals surface area contributed by atoms with Gasteiger partial charge in [0.1, 0.15) is 23.2 Å². The number of aliphatic hydroxyl groups is 1. The van der Waals surface area contributed by atoms with Crippen LogP contribution in [-0.2, 0) is 25.5 Å². The van der Waals surface area contributed by atoms with Crippen LogP contribution >= 0.6 is 0 Å². The largest absolute Gasteiger partial charge is 0.493 e. The SMILES string of the molecule is COc1cc(C[C@]2(C(N)=O)CCCN2C(=O)[C@@H]2CCCN2C(=O)[C@@H](NC(=O)OC(C)(C)C)[C@@H](C)O)cc(OC)c1OC. The van der Waals surface area contributed by atoms with Gasteiger partial charge in [0.15, 0.2) is 11.5 Å². The number of hydrogen-bond acceptors (Lipinski definition) is 9. The lowest BCUT2D eigenvalue weighted by Crippen LogP contribution is -2.62. The van der Waals surface area contributed by atoms with Gasteiger partial charge in [-0.25, -0.2) is 4.79 Å². The minimum absolute atomic E-state index is 0.0992. The number of benzene rings is 1. The van der Waals surface area contributed by atoms with Gasteiger partial charge in [-0.3, -0.25) is 14.4 Å².